The van der Waals surface area contributed by atoms with Crippen molar-refractivity contribution in [2.24, 2.45) is 5.10 Å². The zero-order valence-corrected chi connectivity index (χ0v) is 14.7. The van der Waals surface area contributed by atoms with Crippen molar-refractivity contribution in [3.63, 3.8) is 0 Å². The van der Waals surface area contributed by atoms with Crippen molar-refractivity contribution in [2.75, 3.05) is 13.2 Å². The summed E-state index contributed by atoms with van der Waals surface area (Å²) >= 11 is 5.78. The van der Waals surface area contributed by atoms with Crippen molar-refractivity contribution in [3.05, 3.63) is 58.6 Å². The van der Waals surface area contributed by atoms with Crippen LogP contribution in [0.4, 0.5) is 0 Å². The third-order valence-electron chi connectivity index (χ3n) is 3.10. The van der Waals surface area contributed by atoms with E-state index in [1.807, 2.05) is 0 Å². The molecule has 2 rings (SSSR count). The highest BCUT2D eigenvalue weighted by atomic mass is 35.5. The summed E-state index contributed by atoms with van der Waals surface area (Å²) in [5, 5.41) is 13.1. The van der Waals surface area contributed by atoms with E-state index in [1.165, 1.54) is 6.21 Å². The molecule has 0 saturated heterocycles. The summed E-state index contributed by atoms with van der Waals surface area (Å²) in [6.07, 6.45) is 1.44. The minimum absolute atomic E-state index is 0.316. The van der Waals surface area contributed by atoms with E-state index in [-0.39, 0.29) is 5.91 Å². The number of carboxylic acids is 1. The van der Waals surface area contributed by atoms with Crippen LogP contribution in [0.15, 0.2) is 47.6 Å². The van der Waals surface area contributed by atoms with Gasteiger partial charge in [0.2, 0.25) is 0 Å². The SMILES string of the molecule is CCOc1cc(/C=N\NC(=O)c2ccc(Cl)cc2)ccc1OCC(=O)O. The van der Waals surface area contributed by atoms with Gasteiger partial charge in [0.15, 0.2) is 18.1 Å². The number of nitrogens with one attached hydrogen (secondary N) is 1. The molecule has 136 valence electrons. The van der Waals surface area contributed by atoms with Gasteiger partial charge in [0.05, 0.1) is 12.8 Å². The molecule has 0 spiro atoms. The van der Waals surface area contributed by atoms with Gasteiger partial charge in [-0.2, -0.15) is 5.10 Å². The number of nitrogens with zero attached hydrogens (tertiary/aromatic N) is 1. The van der Waals surface area contributed by atoms with E-state index >= 15 is 0 Å². The number of ether oxygens (including phenoxy) is 2. The summed E-state index contributed by atoms with van der Waals surface area (Å²) in [4.78, 5) is 22.6. The quantitative estimate of drug-likeness (QED) is 0.545. The number of carbonyl (C=O) groups is 2. The predicted molar refractivity (Wildman–Crippen MR) is 97.3 cm³/mol. The van der Waals surface area contributed by atoms with Crippen LogP contribution in [-0.4, -0.2) is 36.4 Å². The molecular formula is C18H17ClN2O5. The molecule has 26 heavy (non-hydrogen) atoms. The second kappa shape index (κ2) is 9.43. The first kappa shape index (κ1) is 19.3. The molecule has 0 radical (unpaired) electrons. The standard InChI is InChI=1S/C18H17ClN2O5/c1-2-25-16-9-12(3-8-15(16)26-11-17(22)23)10-20-21-18(24)13-4-6-14(19)7-5-13/h3-10H,2,11H2,1H3,(H,21,24)(H,22,23)/b20-10-. The first-order valence-corrected chi connectivity index (χ1v) is 8.07. The largest absolute Gasteiger partial charge is 0.490 e. The molecular weight excluding hydrogens is 360 g/mol. The van der Waals surface area contributed by atoms with Crippen molar-refractivity contribution in [1.82, 2.24) is 5.43 Å². The highest BCUT2D eigenvalue weighted by Gasteiger charge is 2.08. The Bertz CT molecular complexity index is 806. The second-order valence-corrected chi connectivity index (χ2v) is 5.46. The first-order valence-electron chi connectivity index (χ1n) is 7.70. The van der Waals surface area contributed by atoms with E-state index in [2.05, 4.69) is 10.5 Å². The number of carboxylic acid groups (broad SMARTS) is 1. The molecule has 0 bridgehead atoms. The zero-order valence-electron chi connectivity index (χ0n) is 13.9. The fourth-order valence-electron chi connectivity index (χ4n) is 1.96. The number of hydrogen-bond acceptors (Lipinski definition) is 5. The molecule has 0 saturated carbocycles. The van der Waals surface area contributed by atoms with Crippen LogP contribution in [-0.2, 0) is 4.79 Å². The normalized spacial score (nSPS) is 10.5. The average molecular weight is 377 g/mol. The Hall–Kier alpha value is -3.06. The summed E-state index contributed by atoms with van der Waals surface area (Å²) in [7, 11) is 0. The van der Waals surface area contributed by atoms with E-state index in [9.17, 15) is 9.59 Å². The Morgan fingerprint density at radius 3 is 2.54 bits per heavy atom. The third kappa shape index (κ3) is 5.78. The molecule has 0 aromatic heterocycles. The van der Waals surface area contributed by atoms with Crippen LogP contribution in [0.1, 0.15) is 22.8 Å². The van der Waals surface area contributed by atoms with Gasteiger partial charge in [-0.15, -0.1) is 0 Å². The van der Waals surface area contributed by atoms with E-state index in [1.54, 1.807) is 49.4 Å². The molecule has 0 aliphatic heterocycles. The maximum Gasteiger partial charge on any atom is 0.341 e. The topological polar surface area (TPSA) is 97.2 Å². The molecule has 7 nitrogen and oxygen atoms in total. The van der Waals surface area contributed by atoms with Crippen LogP contribution in [0.2, 0.25) is 5.02 Å². The number of benzene rings is 2. The fraction of sp³-hybridized carbons (Fsp3) is 0.167. The molecule has 0 aliphatic carbocycles. The minimum atomic E-state index is -1.08. The number of halogens is 1. The smallest absolute Gasteiger partial charge is 0.341 e. The van der Waals surface area contributed by atoms with Gasteiger partial charge < -0.3 is 14.6 Å². The minimum Gasteiger partial charge on any atom is -0.490 e. The average Bonchev–Trinajstić information content (AvgIpc) is 2.61. The van der Waals surface area contributed by atoms with Crippen LogP contribution >= 0.6 is 11.6 Å². The van der Waals surface area contributed by atoms with E-state index in [0.717, 1.165) is 0 Å². The Balaban J connectivity index is 2.04. The van der Waals surface area contributed by atoms with Gasteiger partial charge in [-0.25, -0.2) is 10.2 Å². The molecule has 2 aromatic rings. The number of rotatable bonds is 8. The lowest BCUT2D eigenvalue weighted by atomic mass is 10.2. The van der Waals surface area contributed by atoms with Crippen molar-refractivity contribution in [3.8, 4) is 11.5 Å². The summed E-state index contributed by atoms with van der Waals surface area (Å²) in [5.41, 5.74) is 3.49. The third-order valence-corrected chi connectivity index (χ3v) is 3.36. The Labute approximate surface area is 155 Å². The highest BCUT2D eigenvalue weighted by molar-refractivity contribution is 6.30. The van der Waals surface area contributed by atoms with Gasteiger partial charge in [-0.3, -0.25) is 4.79 Å². The van der Waals surface area contributed by atoms with Crippen LogP contribution in [0, 0.1) is 0 Å². The lowest BCUT2D eigenvalue weighted by Gasteiger charge is -2.11. The van der Waals surface area contributed by atoms with E-state index in [4.69, 9.17) is 26.2 Å². The summed E-state index contributed by atoms with van der Waals surface area (Å²) < 4.78 is 10.6. The van der Waals surface area contributed by atoms with Crippen molar-refractivity contribution in [2.45, 2.75) is 6.92 Å². The van der Waals surface area contributed by atoms with Gasteiger partial charge in [0, 0.05) is 10.6 Å². The predicted octanol–water partition coefficient (Wildman–Crippen LogP) is 2.97. The lowest BCUT2D eigenvalue weighted by molar-refractivity contribution is -0.139. The molecule has 0 unspecified atom stereocenters. The molecule has 2 N–H and O–H groups in total. The maximum atomic E-state index is 12.0. The summed E-state index contributed by atoms with van der Waals surface area (Å²) in [6, 6.07) is 11.3. The molecule has 0 atom stereocenters. The number of hydrogen-bond donors (Lipinski definition) is 2. The Kier molecular flexibility index (Phi) is 6.99. The van der Waals surface area contributed by atoms with Crippen LogP contribution in [0.3, 0.4) is 0 Å². The van der Waals surface area contributed by atoms with E-state index in [0.29, 0.717) is 34.3 Å². The first-order chi connectivity index (χ1) is 12.5. The Morgan fingerprint density at radius 2 is 1.88 bits per heavy atom. The summed E-state index contributed by atoms with van der Waals surface area (Å²) in [5.74, 6) is -0.745. The van der Waals surface area contributed by atoms with Gasteiger partial charge in [0.1, 0.15) is 0 Å². The molecule has 8 heteroatoms. The highest BCUT2D eigenvalue weighted by Crippen LogP contribution is 2.28. The van der Waals surface area contributed by atoms with Gasteiger partial charge in [-0.05, 0) is 55.0 Å². The number of aliphatic carboxylic acids is 1. The van der Waals surface area contributed by atoms with Crippen LogP contribution in [0.25, 0.3) is 0 Å². The number of carbonyl (C=O) groups excluding carboxylic acids is 1. The monoisotopic (exact) mass is 376 g/mol. The van der Waals surface area contributed by atoms with Crippen LogP contribution in [0.5, 0.6) is 11.5 Å². The molecule has 0 fully saturated rings. The summed E-state index contributed by atoms with van der Waals surface area (Å²) in [6.45, 7) is 1.72. The van der Waals surface area contributed by atoms with E-state index < -0.39 is 12.6 Å². The van der Waals surface area contributed by atoms with Gasteiger partial charge in [0.25, 0.3) is 5.91 Å². The van der Waals surface area contributed by atoms with Crippen molar-refractivity contribution >= 4 is 29.7 Å². The van der Waals surface area contributed by atoms with Crippen LogP contribution < -0.4 is 14.9 Å². The molecule has 0 heterocycles. The molecule has 2 aromatic carbocycles. The lowest BCUT2D eigenvalue weighted by Crippen LogP contribution is -2.17. The molecule has 1 amide bonds. The molecule has 0 aliphatic rings. The zero-order chi connectivity index (χ0) is 18.9. The second-order valence-electron chi connectivity index (χ2n) is 5.03. The number of amides is 1. The Morgan fingerprint density at radius 1 is 1.15 bits per heavy atom. The van der Waals surface area contributed by atoms with Crippen molar-refractivity contribution < 1.29 is 24.2 Å². The number of hydrazone groups is 1. The van der Waals surface area contributed by atoms with Gasteiger partial charge in [-0.1, -0.05) is 11.6 Å². The fourth-order valence-corrected chi connectivity index (χ4v) is 2.09. The maximum absolute atomic E-state index is 12.0. The van der Waals surface area contributed by atoms with Crippen molar-refractivity contribution in [1.29, 1.82) is 0 Å². The van der Waals surface area contributed by atoms with Gasteiger partial charge >= 0.3 is 5.97 Å².